The van der Waals surface area contributed by atoms with Crippen LogP contribution in [-0.2, 0) is 12.7 Å². The number of hydrogen-bond donors (Lipinski definition) is 0. The second-order valence-corrected chi connectivity index (χ2v) is 5.22. The Morgan fingerprint density at radius 3 is 2.43 bits per heavy atom. The van der Waals surface area contributed by atoms with Crippen LogP contribution in [0.1, 0.15) is 11.4 Å². The molecule has 3 rings (SSSR count). The van der Waals surface area contributed by atoms with Crippen molar-refractivity contribution in [2.45, 2.75) is 12.7 Å². The first kappa shape index (κ1) is 15.6. The molecule has 1 fully saturated rings. The minimum atomic E-state index is -4.45. The minimum absolute atomic E-state index is 0.312. The van der Waals surface area contributed by atoms with Crippen LogP contribution in [0.4, 0.5) is 19.0 Å². The molecule has 9 heteroatoms. The van der Waals surface area contributed by atoms with Gasteiger partial charge in [-0.3, -0.25) is 14.9 Å². The van der Waals surface area contributed by atoms with E-state index in [2.05, 4.69) is 24.8 Å². The van der Waals surface area contributed by atoms with Crippen molar-refractivity contribution in [2.75, 3.05) is 31.1 Å². The molecule has 122 valence electrons. The molecule has 0 atom stereocenters. The Morgan fingerprint density at radius 1 is 1.00 bits per heavy atom. The maximum atomic E-state index is 12.7. The van der Waals surface area contributed by atoms with E-state index in [9.17, 15) is 13.2 Å². The third-order valence-electron chi connectivity index (χ3n) is 3.64. The molecule has 1 saturated heterocycles. The quantitative estimate of drug-likeness (QED) is 0.855. The summed E-state index contributed by atoms with van der Waals surface area (Å²) >= 11 is 0. The number of halogens is 3. The summed E-state index contributed by atoms with van der Waals surface area (Å²) in [5, 5.41) is 0. The zero-order valence-corrected chi connectivity index (χ0v) is 12.2. The lowest BCUT2D eigenvalue weighted by Gasteiger charge is -2.35. The number of rotatable bonds is 3. The summed E-state index contributed by atoms with van der Waals surface area (Å²) in [5.74, 6) is 0.312. The Morgan fingerprint density at radius 2 is 1.78 bits per heavy atom. The van der Waals surface area contributed by atoms with Gasteiger partial charge in [0.25, 0.3) is 0 Å². The third-order valence-corrected chi connectivity index (χ3v) is 3.64. The van der Waals surface area contributed by atoms with Crippen molar-refractivity contribution in [3.63, 3.8) is 0 Å². The average Bonchev–Trinajstić information content (AvgIpc) is 2.56. The predicted octanol–water partition coefficient (Wildman–Crippen LogP) is 1.61. The summed E-state index contributed by atoms with van der Waals surface area (Å²) < 4.78 is 38.1. The average molecular weight is 324 g/mol. The summed E-state index contributed by atoms with van der Waals surface area (Å²) in [7, 11) is 0. The summed E-state index contributed by atoms with van der Waals surface area (Å²) in [5.41, 5.74) is -0.0353. The zero-order valence-electron chi connectivity index (χ0n) is 12.2. The van der Waals surface area contributed by atoms with Gasteiger partial charge in [-0.2, -0.15) is 13.2 Å². The van der Waals surface area contributed by atoms with E-state index in [-0.39, 0.29) is 0 Å². The predicted molar refractivity (Wildman–Crippen MR) is 76.6 cm³/mol. The van der Waals surface area contributed by atoms with E-state index in [1.54, 1.807) is 18.6 Å². The highest BCUT2D eigenvalue weighted by molar-refractivity contribution is 5.40. The molecule has 0 spiro atoms. The molecule has 23 heavy (non-hydrogen) atoms. The maximum absolute atomic E-state index is 12.7. The van der Waals surface area contributed by atoms with Crippen LogP contribution in [0.2, 0.25) is 0 Å². The van der Waals surface area contributed by atoms with Crippen LogP contribution in [0, 0.1) is 0 Å². The molecule has 0 bridgehead atoms. The summed E-state index contributed by atoms with van der Waals surface area (Å²) in [4.78, 5) is 19.5. The lowest BCUT2D eigenvalue weighted by Crippen LogP contribution is -2.46. The smallest absolute Gasteiger partial charge is 0.354 e. The van der Waals surface area contributed by atoms with E-state index in [1.165, 1.54) is 0 Å². The molecule has 0 saturated carbocycles. The second-order valence-electron chi connectivity index (χ2n) is 5.22. The fourth-order valence-electron chi connectivity index (χ4n) is 2.45. The normalized spacial score (nSPS) is 16.6. The number of nitrogens with zero attached hydrogens (tertiary/aromatic N) is 6. The van der Waals surface area contributed by atoms with Crippen LogP contribution in [0.5, 0.6) is 0 Å². The molecule has 0 N–H and O–H groups in total. The van der Waals surface area contributed by atoms with Gasteiger partial charge in [-0.15, -0.1) is 0 Å². The SMILES string of the molecule is FC(F)(F)c1cc(N2CCN(Cc3cnccn3)CC2)ncn1. The lowest BCUT2D eigenvalue weighted by atomic mass is 10.2. The van der Waals surface area contributed by atoms with Crippen molar-refractivity contribution in [3.05, 3.63) is 42.4 Å². The summed E-state index contributed by atoms with van der Waals surface area (Å²) in [6.45, 7) is 3.34. The van der Waals surface area contributed by atoms with E-state index in [4.69, 9.17) is 0 Å². The monoisotopic (exact) mass is 324 g/mol. The molecule has 0 amide bonds. The van der Waals surface area contributed by atoms with Gasteiger partial charge >= 0.3 is 6.18 Å². The van der Waals surface area contributed by atoms with Gasteiger partial charge in [0.1, 0.15) is 17.8 Å². The van der Waals surface area contributed by atoms with Crippen molar-refractivity contribution in [1.29, 1.82) is 0 Å². The van der Waals surface area contributed by atoms with Crippen LogP contribution < -0.4 is 4.90 Å². The van der Waals surface area contributed by atoms with Gasteiger partial charge in [0.05, 0.1) is 5.69 Å². The lowest BCUT2D eigenvalue weighted by molar-refractivity contribution is -0.141. The van der Waals surface area contributed by atoms with Gasteiger partial charge in [-0.05, 0) is 0 Å². The Labute approximate surface area is 131 Å². The second kappa shape index (κ2) is 6.45. The van der Waals surface area contributed by atoms with Gasteiger partial charge in [-0.1, -0.05) is 0 Å². The summed E-state index contributed by atoms with van der Waals surface area (Å²) in [6.07, 6.45) is 1.49. The largest absolute Gasteiger partial charge is 0.433 e. The number of hydrogen-bond acceptors (Lipinski definition) is 6. The first-order valence-electron chi connectivity index (χ1n) is 7.14. The van der Waals surface area contributed by atoms with E-state index in [0.717, 1.165) is 31.2 Å². The van der Waals surface area contributed by atoms with E-state index in [0.29, 0.717) is 25.5 Å². The van der Waals surface area contributed by atoms with Gasteiger partial charge < -0.3 is 4.90 Å². The van der Waals surface area contributed by atoms with Gasteiger partial charge in [0, 0.05) is 57.4 Å². The standard InChI is InChI=1S/C14H15F3N6/c15-14(16,17)12-7-13(21-10-20-12)23-5-3-22(4-6-23)9-11-8-18-1-2-19-11/h1-2,7-8,10H,3-6,9H2. The van der Waals surface area contributed by atoms with Crippen LogP contribution in [-0.4, -0.2) is 51.0 Å². The Hall–Kier alpha value is -2.29. The van der Waals surface area contributed by atoms with E-state index in [1.807, 2.05) is 4.90 Å². The molecule has 0 radical (unpaired) electrons. The molecule has 3 heterocycles. The highest BCUT2D eigenvalue weighted by atomic mass is 19.4. The van der Waals surface area contributed by atoms with Crippen LogP contribution in [0.15, 0.2) is 31.0 Å². The van der Waals surface area contributed by atoms with Crippen LogP contribution >= 0.6 is 0 Å². The van der Waals surface area contributed by atoms with Gasteiger partial charge in [-0.25, -0.2) is 9.97 Å². The summed E-state index contributed by atoms with van der Waals surface area (Å²) in [6, 6.07) is 0.998. The Bertz CT molecular complexity index is 640. The molecular weight excluding hydrogens is 309 g/mol. The Kier molecular flexibility index (Phi) is 4.37. The molecule has 0 aliphatic carbocycles. The van der Waals surface area contributed by atoms with E-state index < -0.39 is 11.9 Å². The van der Waals surface area contributed by atoms with Gasteiger partial charge in [0.2, 0.25) is 0 Å². The van der Waals surface area contributed by atoms with Crippen molar-refractivity contribution < 1.29 is 13.2 Å². The fraction of sp³-hybridized carbons (Fsp3) is 0.429. The number of anilines is 1. The number of aromatic nitrogens is 4. The molecule has 0 aromatic carbocycles. The van der Waals surface area contributed by atoms with Crippen molar-refractivity contribution in [1.82, 2.24) is 24.8 Å². The Balaban J connectivity index is 1.61. The third kappa shape index (κ3) is 3.92. The molecule has 0 unspecified atom stereocenters. The molecule has 1 aliphatic rings. The first-order chi connectivity index (χ1) is 11.0. The molecule has 1 aliphatic heterocycles. The maximum Gasteiger partial charge on any atom is 0.433 e. The molecule has 2 aromatic heterocycles. The molecule has 6 nitrogen and oxygen atoms in total. The topological polar surface area (TPSA) is 58.0 Å². The van der Waals surface area contributed by atoms with Crippen molar-refractivity contribution in [3.8, 4) is 0 Å². The first-order valence-corrected chi connectivity index (χ1v) is 7.14. The number of piperazine rings is 1. The number of alkyl halides is 3. The highest BCUT2D eigenvalue weighted by Gasteiger charge is 2.33. The minimum Gasteiger partial charge on any atom is -0.354 e. The van der Waals surface area contributed by atoms with Crippen LogP contribution in [0.25, 0.3) is 0 Å². The zero-order chi connectivity index (χ0) is 16.3. The fourth-order valence-corrected chi connectivity index (χ4v) is 2.45. The highest BCUT2D eigenvalue weighted by Crippen LogP contribution is 2.29. The van der Waals surface area contributed by atoms with Crippen molar-refractivity contribution in [2.24, 2.45) is 0 Å². The molecular formula is C14H15F3N6. The molecule has 2 aromatic rings. The van der Waals surface area contributed by atoms with Gasteiger partial charge in [0.15, 0.2) is 0 Å². The van der Waals surface area contributed by atoms with Crippen LogP contribution in [0.3, 0.4) is 0 Å². The van der Waals surface area contributed by atoms with Crippen molar-refractivity contribution >= 4 is 5.82 Å². The van der Waals surface area contributed by atoms with E-state index >= 15 is 0 Å².